The van der Waals surface area contributed by atoms with E-state index in [-0.39, 0.29) is 5.69 Å². The van der Waals surface area contributed by atoms with Crippen LogP contribution in [0.2, 0.25) is 0 Å². The van der Waals surface area contributed by atoms with Gasteiger partial charge < -0.3 is 9.73 Å². The molecule has 0 aliphatic rings. The largest absolute Gasteiger partial charge is 0.462 e. The van der Waals surface area contributed by atoms with Gasteiger partial charge in [-0.25, -0.2) is 0 Å². The molecule has 6 nitrogen and oxygen atoms in total. The molecular formula is C14H11FN2O4. The second kappa shape index (κ2) is 6.00. The van der Waals surface area contributed by atoms with E-state index < -0.39 is 22.3 Å². The van der Waals surface area contributed by atoms with Crippen LogP contribution < -0.4 is 5.32 Å². The van der Waals surface area contributed by atoms with E-state index >= 15 is 0 Å². The first-order valence-electron chi connectivity index (χ1n) is 5.95. The summed E-state index contributed by atoms with van der Waals surface area (Å²) in [4.78, 5) is 21.4. The maximum atomic E-state index is 13.1. The van der Waals surface area contributed by atoms with Crippen LogP contribution in [0.3, 0.4) is 0 Å². The molecule has 1 aromatic carbocycles. The summed E-state index contributed by atoms with van der Waals surface area (Å²) in [6.07, 6.45) is 2.67. The van der Waals surface area contributed by atoms with Gasteiger partial charge >= 0.3 is 5.69 Å². The highest BCUT2D eigenvalue weighted by Gasteiger charge is 2.14. The summed E-state index contributed by atoms with van der Waals surface area (Å²) in [7, 11) is 0. The Morgan fingerprint density at radius 1 is 1.38 bits per heavy atom. The Hall–Kier alpha value is -2.96. The van der Waals surface area contributed by atoms with Crippen molar-refractivity contribution in [2.75, 3.05) is 5.32 Å². The van der Waals surface area contributed by atoms with Crippen LogP contribution in [0.25, 0.3) is 6.08 Å². The lowest BCUT2D eigenvalue weighted by atomic mass is 10.2. The summed E-state index contributed by atoms with van der Waals surface area (Å²) >= 11 is 0. The first-order chi connectivity index (χ1) is 9.95. The number of carbonyl (C=O) groups excluding carboxylic acids is 1. The van der Waals surface area contributed by atoms with Crippen LogP contribution in [0.4, 0.5) is 15.8 Å². The van der Waals surface area contributed by atoms with Gasteiger partial charge in [0.25, 0.3) is 0 Å². The third-order valence-electron chi connectivity index (χ3n) is 2.57. The van der Waals surface area contributed by atoms with E-state index in [4.69, 9.17) is 4.42 Å². The zero-order valence-electron chi connectivity index (χ0n) is 11.0. The number of nitro groups is 1. The summed E-state index contributed by atoms with van der Waals surface area (Å²) in [6.45, 7) is 1.77. The lowest BCUT2D eigenvalue weighted by Gasteiger charge is -2.02. The number of hydrogen-bond donors (Lipinski definition) is 1. The normalized spacial score (nSPS) is 10.8. The second-order valence-corrected chi connectivity index (χ2v) is 4.19. The molecule has 1 aromatic heterocycles. The average molecular weight is 290 g/mol. The van der Waals surface area contributed by atoms with E-state index in [0.29, 0.717) is 11.5 Å². The molecule has 108 valence electrons. The zero-order chi connectivity index (χ0) is 15.4. The van der Waals surface area contributed by atoms with Crippen LogP contribution in [-0.4, -0.2) is 10.8 Å². The van der Waals surface area contributed by atoms with Gasteiger partial charge in [-0.2, -0.15) is 4.39 Å². The van der Waals surface area contributed by atoms with Crippen LogP contribution in [0.1, 0.15) is 11.5 Å². The van der Waals surface area contributed by atoms with Crippen molar-refractivity contribution < 1.29 is 18.5 Å². The maximum Gasteiger partial charge on any atom is 0.306 e. The molecular weight excluding hydrogens is 279 g/mol. The van der Waals surface area contributed by atoms with Crippen molar-refractivity contribution >= 4 is 23.4 Å². The smallest absolute Gasteiger partial charge is 0.306 e. The molecule has 1 amide bonds. The van der Waals surface area contributed by atoms with Crippen molar-refractivity contribution in [2.45, 2.75) is 6.92 Å². The minimum atomic E-state index is -0.959. The zero-order valence-corrected chi connectivity index (χ0v) is 11.0. The van der Waals surface area contributed by atoms with Gasteiger partial charge in [-0.1, -0.05) is 0 Å². The van der Waals surface area contributed by atoms with Crippen molar-refractivity contribution in [3.05, 3.63) is 63.9 Å². The molecule has 2 aromatic rings. The molecule has 21 heavy (non-hydrogen) atoms. The summed E-state index contributed by atoms with van der Waals surface area (Å²) < 4.78 is 18.4. The highest BCUT2D eigenvalue weighted by Crippen LogP contribution is 2.21. The molecule has 0 saturated heterocycles. The number of benzene rings is 1. The number of anilines is 1. The number of nitrogens with one attached hydrogen (secondary N) is 1. The van der Waals surface area contributed by atoms with Crippen molar-refractivity contribution in [3.8, 4) is 0 Å². The van der Waals surface area contributed by atoms with E-state index in [1.54, 1.807) is 19.1 Å². The van der Waals surface area contributed by atoms with E-state index in [0.717, 1.165) is 12.1 Å². The van der Waals surface area contributed by atoms with E-state index in [1.807, 2.05) is 0 Å². The fourth-order valence-electron chi connectivity index (χ4n) is 1.62. The molecule has 0 aliphatic heterocycles. The number of nitro benzene ring substituents is 1. The number of hydrogen-bond acceptors (Lipinski definition) is 4. The molecule has 0 spiro atoms. The van der Waals surface area contributed by atoms with Gasteiger partial charge in [0.15, 0.2) is 0 Å². The SMILES string of the molecule is Cc1ccc(C=CC(=O)Nc2ccc(F)c([N+](=O)[O-])c2)o1. The number of rotatable bonds is 4. The lowest BCUT2D eigenvalue weighted by molar-refractivity contribution is -0.387. The third kappa shape index (κ3) is 3.75. The van der Waals surface area contributed by atoms with Gasteiger partial charge in [-0.15, -0.1) is 0 Å². The van der Waals surface area contributed by atoms with Crippen molar-refractivity contribution in [1.82, 2.24) is 0 Å². The highest BCUT2D eigenvalue weighted by atomic mass is 19.1. The number of halogens is 1. The molecule has 0 radical (unpaired) electrons. The Morgan fingerprint density at radius 2 is 2.14 bits per heavy atom. The Labute approximate surface area is 119 Å². The Bertz CT molecular complexity index is 722. The number of nitrogens with zero attached hydrogens (tertiary/aromatic N) is 1. The topological polar surface area (TPSA) is 85.4 Å². The number of carbonyl (C=O) groups is 1. The molecule has 0 bridgehead atoms. The van der Waals surface area contributed by atoms with Gasteiger partial charge in [0.2, 0.25) is 11.7 Å². The number of aryl methyl sites for hydroxylation is 1. The molecule has 2 rings (SSSR count). The predicted molar refractivity (Wildman–Crippen MR) is 74.2 cm³/mol. The Kier molecular flexibility index (Phi) is 4.13. The summed E-state index contributed by atoms with van der Waals surface area (Å²) in [5, 5.41) is 13.0. The fraction of sp³-hybridized carbons (Fsp3) is 0.0714. The van der Waals surface area contributed by atoms with Crippen LogP contribution in [0.5, 0.6) is 0 Å². The highest BCUT2D eigenvalue weighted by molar-refractivity contribution is 6.01. The van der Waals surface area contributed by atoms with Gasteiger partial charge in [0, 0.05) is 17.8 Å². The predicted octanol–water partition coefficient (Wildman–Crippen LogP) is 3.29. The molecule has 7 heteroatoms. The monoisotopic (exact) mass is 290 g/mol. The Morgan fingerprint density at radius 3 is 2.76 bits per heavy atom. The minimum absolute atomic E-state index is 0.133. The van der Waals surface area contributed by atoms with Crippen molar-refractivity contribution in [3.63, 3.8) is 0 Å². The fourth-order valence-corrected chi connectivity index (χ4v) is 1.62. The van der Waals surface area contributed by atoms with Gasteiger partial charge in [-0.3, -0.25) is 14.9 Å². The van der Waals surface area contributed by atoms with Crippen molar-refractivity contribution in [1.29, 1.82) is 0 Å². The number of furan rings is 1. The minimum Gasteiger partial charge on any atom is -0.462 e. The molecule has 1 N–H and O–H groups in total. The second-order valence-electron chi connectivity index (χ2n) is 4.19. The molecule has 0 atom stereocenters. The molecule has 0 unspecified atom stereocenters. The van der Waals surface area contributed by atoms with Crippen LogP contribution in [0.15, 0.2) is 40.8 Å². The van der Waals surface area contributed by atoms with E-state index in [2.05, 4.69) is 5.32 Å². The molecule has 0 saturated carbocycles. The first-order valence-corrected chi connectivity index (χ1v) is 5.95. The molecule has 0 aliphatic carbocycles. The standard InChI is InChI=1S/C14H11FN2O4/c1-9-2-4-11(21-9)5-7-14(18)16-10-3-6-12(15)13(8-10)17(19)20/h2-8H,1H3,(H,16,18). The van der Waals surface area contributed by atoms with Crippen LogP contribution in [-0.2, 0) is 4.79 Å². The van der Waals surface area contributed by atoms with E-state index in [9.17, 15) is 19.3 Å². The molecule has 0 fully saturated rings. The maximum absolute atomic E-state index is 13.1. The number of amides is 1. The van der Waals surface area contributed by atoms with Gasteiger partial charge in [0.1, 0.15) is 11.5 Å². The van der Waals surface area contributed by atoms with Crippen molar-refractivity contribution in [2.24, 2.45) is 0 Å². The Balaban J connectivity index is 2.07. The first kappa shape index (κ1) is 14.4. The third-order valence-corrected chi connectivity index (χ3v) is 2.57. The summed E-state index contributed by atoms with van der Waals surface area (Å²) in [5.41, 5.74) is -0.563. The quantitative estimate of drug-likeness (QED) is 0.532. The lowest BCUT2D eigenvalue weighted by Crippen LogP contribution is -2.08. The van der Waals surface area contributed by atoms with Crippen LogP contribution in [0, 0.1) is 22.9 Å². The average Bonchev–Trinajstić information content (AvgIpc) is 2.84. The van der Waals surface area contributed by atoms with Gasteiger partial charge in [0.05, 0.1) is 4.92 Å². The van der Waals surface area contributed by atoms with Gasteiger partial charge in [-0.05, 0) is 37.3 Å². The molecule has 1 heterocycles. The van der Waals surface area contributed by atoms with Crippen LogP contribution >= 0.6 is 0 Å². The summed E-state index contributed by atoms with van der Waals surface area (Å²) in [5.74, 6) is -0.249. The summed E-state index contributed by atoms with van der Waals surface area (Å²) in [6, 6.07) is 6.57. The van der Waals surface area contributed by atoms with E-state index in [1.165, 1.54) is 18.2 Å².